The van der Waals surface area contributed by atoms with E-state index in [1.165, 1.54) is 0 Å². The van der Waals surface area contributed by atoms with Gasteiger partial charge in [-0.25, -0.2) is 0 Å². The molecule has 1 amide bonds. The Bertz CT molecular complexity index is 465. The molecule has 0 aromatic heterocycles. The number of carbonyl (C=O) groups excluding carboxylic acids is 1. The Morgan fingerprint density at radius 3 is 2.84 bits per heavy atom. The molecular formula is C14H18BrClN2O. The van der Waals surface area contributed by atoms with Crippen molar-refractivity contribution in [1.29, 1.82) is 0 Å². The molecule has 1 saturated heterocycles. The van der Waals surface area contributed by atoms with Crippen molar-refractivity contribution in [2.75, 3.05) is 19.6 Å². The van der Waals surface area contributed by atoms with Crippen LogP contribution in [0.3, 0.4) is 0 Å². The molecule has 1 unspecified atom stereocenters. The Morgan fingerprint density at radius 2 is 2.21 bits per heavy atom. The SMILES string of the molecule is Cl.NCC1CCN(C(=O)/C=C/c2ccccc2Br)C1. The number of nitrogens with zero attached hydrogens (tertiary/aromatic N) is 1. The van der Waals surface area contributed by atoms with Crippen molar-refractivity contribution in [1.82, 2.24) is 4.90 Å². The van der Waals surface area contributed by atoms with Crippen LogP contribution in [-0.4, -0.2) is 30.4 Å². The molecule has 1 aromatic carbocycles. The number of hydrogen-bond donors (Lipinski definition) is 1. The molecule has 1 atom stereocenters. The lowest BCUT2D eigenvalue weighted by molar-refractivity contribution is -0.125. The average Bonchev–Trinajstić information content (AvgIpc) is 2.86. The number of likely N-dealkylation sites (tertiary alicyclic amines) is 1. The molecule has 1 aromatic rings. The molecule has 5 heteroatoms. The summed E-state index contributed by atoms with van der Waals surface area (Å²) in [6.07, 6.45) is 4.51. The van der Waals surface area contributed by atoms with E-state index in [2.05, 4.69) is 15.9 Å². The molecule has 1 fully saturated rings. The minimum Gasteiger partial charge on any atom is -0.339 e. The summed E-state index contributed by atoms with van der Waals surface area (Å²) >= 11 is 3.46. The fraction of sp³-hybridized carbons (Fsp3) is 0.357. The van der Waals surface area contributed by atoms with Crippen molar-refractivity contribution in [3.05, 3.63) is 40.4 Å². The van der Waals surface area contributed by atoms with Crippen molar-refractivity contribution >= 4 is 40.3 Å². The highest BCUT2D eigenvalue weighted by molar-refractivity contribution is 9.10. The Labute approximate surface area is 128 Å². The summed E-state index contributed by atoms with van der Waals surface area (Å²) in [6.45, 7) is 2.27. The number of rotatable bonds is 3. The summed E-state index contributed by atoms with van der Waals surface area (Å²) in [5.41, 5.74) is 6.63. The second kappa shape index (κ2) is 7.68. The van der Waals surface area contributed by atoms with Crippen molar-refractivity contribution in [2.24, 2.45) is 11.7 Å². The summed E-state index contributed by atoms with van der Waals surface area (Å²) in [6, 6.07) is 7.84. The molecule has 0 aliphatic carbocycles. The number of amides is 1. The molecule has 19 heavy (non-hydrogen) atoms. The lowest BCUT2D eigenvalue weighted by Gasteiger charge is -2.13. The fourth-order valence-corrected chi connectivity index (χ4v) is 2.52. The highest BCUT2D eigenvalue weighted by atomic mass is 79.9. The van der Waals surface area contributed by atoms with Crippen LogP contribution < -0.4 is 5.73 Å². The zero-order valence-electron chi connectivity index (χ0n) is 10.6. The molecule has 0 bridgehead atoms. The topological polar surface area (TPSA) is 46.3 Å². The normalized spacial score (nSPS) is 18.6. The summed E-state index contributed by atoms with van der Waals surface area (Å²) in [4.78, 5) is 13.8. The lowest BCUT2D eigenvalue weighted by Crippen LogP contribution is -2.28. The number of nitrogens with two attached hydrogens (primary N) is 1. The van der Waals surface area contributed by atoms with Gasteiger partial charge in [0.1, 0.15) is 0 Å². The van der Waals surface area contributed by atoms with Gasteiger partial charge < -0.3 is 10.6 Å². The van der Waals surface area contributed by atoms with Gasteiger partial charge in [0, 0.05) is 23.6 Å². The Hall–Kier alpha value is -0.840. The van der Waals surface area contributed by atoms with Crippen molar-refractivity contribution in [3.8, 4) is 0 Å². The fourth-order valence-electron chi connectivity index (χ4n) is 2.10. The Morgan fingerprint density at radius 1 is 1.47 bits per heavy atom. The van der Waals surface area contributed by atoms with Gasteiger partial charge in [-0.1, -0.05) is 34.1 Å². The summed E-state index contributed by atoms with van der Waals surface area (Å²) < 4.78 is 0.996. The molecule has 3 nitrogen and oxygen atoms in total. The molecule has 0 saturated carbocycles. The first-order valence-corrected chi connectivity index (χ1v) is 6.91. The number of halogens is 2. The van der Waals surface area contributed by atoms with Gasteiger partial charge in [0.25, 0.3) is 0 Å². The first kappa shape index (κ1) is 16.2. The molecule has 2 rings (SSSR count). The molecule has 1 heterocycles. The molecule has 1 aliphatic heterocycles. The van der Waals surface area contributed by atoms with Gasteiger partial charge >= 0.3 is 0 Å². The van der Waals surface area contributed by atoms with E-state index < -0.39 is 0 Å². The highest BCUT2D eigenvalue weighted by Crippen LogP contribution is 2.18. The first-order valence-electron chi connectivity index (χ1n) is 6.12. The van der Waals surface area contributed by atoms with Gasteiger partial charge in [-0.2, -0.15) is 0 Å². The molecule has 1 aliphatic rings. The molecule has 0 radical (unpaired) electrons. The molecule has 104 valence electrons. The highest BCUT2D eigenvalue weighted by Gasteiger charge is 2.23. The van der Waals surface area contributed by atoms with Crippen LogP contribution in [0.2, 0.25) is 0 Å². The number of hydrogen-bond acceptors (Lipinski definition) is 2. The van der Waals surface area contributed by atoms with Gasteiger partial charge in [0.05, 0.1) is 0 Å². The minimum absolute atomic E-state index is 0. The number of benzene rings is 1. The third kappa shape index (κ3) is 4.34. The first-order chi connectivity index (χ1) is 8.70. The maximum atomic E-state index is 12.0. The monoisotopic (exact) mass is 344 g/mol. The average molecular weight is 346 g/mol. The smallest absolute Gasteiger partial charge is 0.246 e. The summed E-state index contributed by atoms with van der Waals surface area (Å²) in [7, 11) is 0. The van der Waals surface area contributed by atoms with Crippen LogP contribution in [0.15, 0.2) is 34.8 Å². The van der Waals surface area contributed by atoms with E-state index in [9.17, 15) is 4.79 Å². The van der Waals surface area contributed by atoms with E-state index in [-0.39, 0.29) is 18.3 Å². The van der Waals surface area contributed by atoms with Gasteiger partial charge in [0.15, 0.2) is 0 Å². The largest absolute Gasteiger partial charge is 0.339 e. The van der Waals surface area contributed by atoms with E-state index >= 15 is 0 Å². The van der Waals surface area contributed by atoms with Crippen LogP contribution in [0.4, 0.5) is 0 Å². The van der Waals surface area contributed by atoms with Crippen LogP contribution in [-0.2, 0) is 4.79 Å². The number of carbonyl (C=O) groups is 1. The van der Waals surface area contributed by atoms with Gasteiger partial charge in [-0.05, 0) is 36.6 Å². The van der Waals surface area contributed by atoms with Crippen LogP contribution in [0.1, 0.15) is 12.0 Å². The van der Waals surface area contributed by atoms with E-state index in [1.807, 2.05) is 35.2 Å². The second-order valence-corrected chi connectivity index (χ2v) is 5.38. The third-order valence-corrected chi connectivity index (χ3v) is 3.96. The van der Waals surface area contributed by atoms with Crippen LogP contribution in [0.25, 0.3) is 6.08 Å². The van der Waals surface area contributed by atoms with Crippen LogP contribution in [0, 0.1) is 5.92 Å². The lowest BCUT2D eigenvalue weighted by atomic mass is 10.1. The van der Waals surface area contributed by atoms with E-state index in [0.29, 0.717) is 12.5 Å². The van der Waals surface area contributed by atoms with E-state index in [1.54, 1.807) is 6.08 Å². The minimum atomic E-state index is 0. The predicted molar refractivity (Wildman–Crippen MR) is 84.2 cm³/mol. The quantitative estimate of drug-likeness (QED) is 0.856. The maximum Gasteiger partial charge on any atom is 0.246 e. The molecule has 2 N–H and O–H groups in total. The zero-order chi connectivity index (χ0) is 13.0. The summed E-state index contributed by atoms with van der Waals surface area (Å²) in [5, 5.41) is 0. The predicted octanol–water partition coefficient (Wildman–Crippen LogP) is 2.69. The van der Waals surface area contributed by atoms with Gasteiger partial charge in [0.2, 0.25) is 5.91 Å². The van der Waals surface area contributed by atoms with Gasteiger partial charge in [-0.3, -0.25) is 4.79 Å². The van der Waals surface area contributed by atoms with Gasteiger partial charge in [-0.15, -0.1) is 12.4 Å². The standard InChI is InChI=1S/C14H17BrN2O.ClH/c15-13-4-2-1-3-12(13)5-6-14(18)17-8-7-11(9-16)10-17;/h1-6,11H,7-10,16H2;1H/b6-5+;. The Balaban J connectivity index is 0.00000180. The Kier molecular flexibility index (Phi) is 6.55. The van der Waals surface area contributed by atoms with Crippen molar-refractivity contribution < 1.29 is 4.79 Å². The summed E-state index contributed by atoms with van der Waals surface area (Å²) in [5.74, 6) is 0.535. The van der Waals surface area contributed by atoms with E-state index in [0.717, 1.165) is 29.5 Å². The zero-order valence-corrected chi connectivity index (χ0v) is 13.0. The van der Waals surface area contributed by atoms with Crippen LogP contribution in [0.5, 0.6) is 0 Å². The van der Waals surface area contributed by atoms with Crippen LogP contribution >= 0.6 is 28.3 Å². The second-order valence-electron chi connectivity index (χ2n) is 4.53. The van der Waals surface area contributed by atoms with E-state index in [4.69, 9.17) is 5.73 Å². The third-order valence-electron chi connectivity index (χ3n) is 3.24. The van der Waals surface area contributed by atoms with Crippen molar-refractivity contribution in [2.45, 2.75) is 6.42 Å². The molecule has 0 spiro atoms. The molecular weight excluding hydrogens is 328 g/mol. The maximum absolute atomic E-state index is 12.0. The van der Waals surface area contributed by atoms with Crippen molar-refractivity contribution in [3.63, 3.8) is 0 Å².